The minimum Gasteiger partial charge on any atom is -0.437 e. The van der Waals surface area contributed by atoms with Crippen molar-refractivity contribution in [3.63, 3.8) is 0 Å². The summed E-state index contributed by atoms with van der Waals surface area (Å²) in [6, 6.07) is 11.0. The Morgan fingerprint density at radius 1 is 1.21 bits per heavy atom. The maximum absolute atomic E-state index is 11.0. The summed E-state index contributed by atoms with van der Waals surface area (Å²) < 4.78 is 5.61. The van der Waals surface area contributed by atoms with Crippen molar-refractivity contribution < 1.29 is 9.53 Å². The van der Waals surface area contributed by atoms with Gasteiger partial charge in [-0.15, -0.1) is 5.10 Å². The van der Waals surface area contributed by atoms with Crippen LogP contribution in [0, 0.1) is 6.92 Å². The Morgan fingerprint density at radius 3 is 2.53 bits per heavy atom. The number of aryl methyl sites for hydroxylation is 1. The lowest BCUT2D eigenvalue weighted by atomic mass is 10.1. The molecule has 1 aromatic carbocycles. The summed E-state index contributed by atoms with van der Waals surface area (Å²) in [6.07, 6.45) is 0. The standard InChI is InChI=1S/C14H15N3O2/c1-9-5-3-4-6-12(9)19-13-8-7-11(16-17-13)10(2)14(15)18/h3-8,10H,1-2H3,(H2,15,18). The van der Waals surface area contributed by atoms with Crippen LogP contribution in [0.5, 0.6) is 11.6 Å². The van der Waals surface area contributed by atoms with Crippen LogP contribution < -0.4 is 10.5 Å². The molecule has 1 atom stereocenters. The van der Waals surface area contributed by atoms with Crippen LogP contribution in [0.3, 0.4) is 0 Å². The van der Waals surface area contributed by atoms with Crippen molar-refractivity contribution in [3.05, 3.63) is 47.7 Å². The largest absolute Gasteiger partial charge is 0.437 e. The van der Waals surface area contributed by atoms with Gasteiger partial charge in [0.25, 0.3) is 0 Å². The molecule has 0 aliphatic rings. The van der Waals surface area contributed by atoms with Crippen molar-refractivity contribution in [3.8, 4) is 11.6 Å². The van der Waals surface area contributed by atoms with E-state index in [4.69, 9.17) is 10.5 Å². The molecule has 0 fully saturated rings. The Kier molecular flexibility index (Phi) is 3.75. The predicted molar refractivity (Wildman–Crippen MR) is 70.9 cm³/mol. The van der Waals surface area contributed by atoms with E-state index in [1.165, 1.54) is 0 Å². The van der Waals surface area contributed by atoms with Crippen LogP contribution >= 0.6 is 0 Å². The topological polar surface area (TPSA) is 78.1 Å². The van der Waals surface area contributed by atoms with Crippen molar-refractivity contribution in [2.45, 2.75) is 19.8 Å². The Morgan fingerprint density at radius 2 is 1.95 bits per heavy atom. The van der Waals surface area contributed by atoms with Gasteiger partial charge >= 0.3 is 0 Å². The molecule has 0 aliphatic carbocycles. The van der Waals surface area contributed by atoms with Crippen LogP contribution in [-0.4, -0.2) is 16.1 Å². The molecule has 0 spiro atoms. The van der Waals surface area contributed by atoms with E-state index in [1.807, 2.05) is 31.2 Å². The molecule has 2 rings (SSSR count). The lowest BCUT2D eigenvalue weighted by molar-refractivity contribution is -0.119. The van der Waals surface area contributed by atoms with Crippen molar-refractivity contribution >= 4 is 5.91 Å². The summed E-state index contributed by atoms with van der Waals surface area (Å²) in [5.74, 6) is 0.226. The average molecular weight is 257 g/mol. The van der Waals surface area contributed by atoms with Crippen LogP contribution in [0.25, 0.3) is 0 Å². The van der Waals surface area contributed by atoms with E-state index in [0.29, 0.717) is 11.6 Å². The molecule has 1 aromatic heterocycles. The van der Waals surface area contributed by atoms with Gasteiger partial charge in [-0.25, -0.2) is 0 Å². The van der Waals surface area contributed by atoms with Crippen LogP contribution in [0.4, 0.5) is 0 Å². The summed E-state index contributed by atoms with van der Waals surface area (Å²) in [5.41, 5.74) is 6.76. The Bertz CT molecular complexity index is 581. The third kappa shape index (κ3) is 3.07. The van der Waals surface area contributed by atoms with E-state index < -0.39 is 11.8 Å². The lowest BCUT2D eigenvalue weighted by Gasteiger charge is -2.08. The van der Waals surface area contributed by atoms with E-state index in [9.17, 15) is 4.79 Å². The summed E-state index contributed by atoms with van der Waals surface area (Å²) in [4.78, 5) is 11.0. The zero-order valence-corrected chi connectivity index (χ0v) is 10.8. The monoisotopic (exact) mass is 257 g/mol. The fourth-order valence-electron chi connectivity index (χ4n) is 1.55. The first-order valence-electron chi connectivity index (χ1n) is 5.94. The zero-order valence-electron chi connectivity index (χ0n) is 10.8. The number of carbonyl (C=O) groups is 1. The smallest absolute Gasteiger partial charge is 0.238 e. The van der Waals surface area contributed by atoms with Gasteiger partial charge in [0.05, 0.1) is 11.6 Å². The highest BCUT2D eigenvalue weighted by Gasteiger charge is 2.13. The van der Waals surface area contributed by atoms with Crippen molar-refractivity contribution in [1.82, 2.24) is 10.2 Å². The van der Waals surface area contributed by atoms with Gasteiger partial charge in [-0.2, -0.15) is 5.10 Å². The SMILES string of the molecule is Cc1ccccc1Oc1ccc(C(C)C(N)=O)nn1. The van der Waals surface area contributed by atoms with E-state index >= 15 is 0 Å². The number of hydrogen-bond donors (Lipinski definition) is 1. The van der Waals surface area contributed by atoms with E-state index in [-0.39, 0.29) is 0 Å². The minimum absolute atomic E-state index is 0.384. The second-order valence-corrected chi connectivity index (χ2v) is 4.29. The molecule has 98 valence electrons. The van der Waals surface area contributed by atoms with E-state index in [2.05, 4.69) is 10.2 Å². The summed E-state index contributed by atoms with van der Waals surface area (Å²) >= 11 is 0. The van der Waals surface area contributed by atoms with Gasteiger partial charge in [0, 0.05) is 6.07 Å². The molecule has 0 radical (unpaired) electrons. The van der Waals surface area contributed by atoms with E-state index in [1.54, 1.807) is 19.1 Å². The summed E-state index contributed by atoms with van der Waals surface area (Å²) in [5, 5.41) is 7.89. The molecule has 0 saturated heterocycles. The van der Waals surface area contributed by atoms with Crippen molar-refractivity contribution in [1.29, 1.82) is 0 Å². The minimum atomic E-state index is -0.458. The molecule has 0 bridgehead atoms. The van der Waals surface area contributed by atoms with Crippen LogP contribution in [0.2, 0.25) is 0 Å². The highest BCUT2D eigenvalue weighted by Crippen LogP contribution is 2.23. The van der Waals surface area contributed by atoms with Crippen LogP contribution in [-0.2, 0) is 4.79 Å². The predicted octanol–water partition coefficient (Wildman–Crippen LogP) is 2.17. The Labute approximate surface area is 111 Å². The number of carbonyl (C=O) groups excluding carboxylic acids is 1. The number of aromatic nitrogens is 2. The maximum atomic E-state index is 11.0. The summed E-state index contributed by atoms with van der Waals surface area (Å²) in [7, 11) is 0. The average Bonchev–Trinajstić information content (AvgIpc) is 2.41. The van der Waals surface area contributed by atoms with Crippen LogP contribution in [0.1, 0.15) is 24.1 Å². The number of amides is 1. The van der Waals surface area contributed by atoms with Gasteiger partial charge in [-0.3, -0.25) is 4.79 Å². The Balaban J connectivity index is 2.15. The molecule has 0 aliphatic heterocycles. The highest BCUT2D eigenvalue weighted by atomic mass is 16.5. The number of nitrogens with two attached hydrogens (primary N) is 1. The second-order valence-electron chi connectivity index (χ2n) is 4.29. The van der Waals surface area contributed by atoms with Gasteiger partial charge in [0.2, 0.25) is 11.8 Å². The van der Waals surface area contributed by atoms with Crippen molar-refractivity contribution in [2.75, 3.05) is 0 Å². The molecular formula is C14H15N3O2. The van der Waals surface area contributed by atoms with E-state index in [0.717, 1.165) is 11.3 Å². The number of nitrogens with zero attached hydrogens (tertiary/aromatic N) is 2. The molecule has 1 unspecified atom stereocenters. The molecule has 1 heterocycles. The molecule has 1 amide bonds. The van der Waals surface area contributed by atoms with Gasteiger partial charge in [0.1, 0.15) is 5.75 Å². The lowest BCUT2D eigenvalue weighted by Crippen LogP contribution is -2.19. The number of ether oxygens (including phenoxy) is 1. The number of hydrogen-bond acceptors (Lipinski definition) is 4. The summed E-state index contributed by atoms with van der Waals surface area (Å²) in [6.45, 7) is 3.64. The van der Waals surface area contributed by atoms with Gasteiger partial charge < -0.3 is 10.5 Å². The normalized spacial score (nSPS) is 11.9. The highest BCUT2D eigenvalue weighted by molar-refractivity contribution is 5.80. The molecular weight excluding hydrogens is 242 g/mol. The maximum Gasteiger partial charge on any atom is 0.238 e. The number of para-hydroxylation sites is 1. The third-order valence-corrected chi connectivity index (χ3v) is 2.84. The first-order valence-corrected chi connectivity index (χ1v) is 5.94. The Hall–Kier alpha value is -2.43. The van der Waals surface area contributed by atoms with Gasteiger partial charge in [-0.05, 0) is 31.5 Å². The molecule has 19 heavy (non-hydrogen) atoms. The number of rotatable bonds is 4. The zero-order chi connectivity index (χ0) is 13.8. The molecule has 2 aromatic rings. The van der Waals surface area contributed by atoms with Crippen LogP contribution in [0.15, 0.2) is 36.4 Å². The second kappa shape index (κ2) is 5.48. The molecule has 0 saturated carbocycles. The van der Waals surface area contributed by atoms with Gasteiger partial charge in [-0.1, -0.05) is 18.2 Å². The molecule has 5 nitrogen and oxygen atoms in total. The molecule has 5 heteroatoms. The van der Waals surface area contributed by atoms with Gasteiger partial charge in [0.15, 0.2) is 0 Å². The first-order chi connectivity index (χ1) is 9.08. The number of primary amides is 1. The number of benzene rings is 1. The third-order valence-electron chi connectivity index (χ3n) is 2.84. The molecule has 2 N–H and O–H groups in total. The van der Waals surface area contributed by atoms with Crippen molar-refractivity contribution in [2.24, 2.45) is 5.73 Å². The quantitative estimate of drug-likeness (QED) is 0.910. The fraction of sp³-hybridized carbons (Fsp3) is 0.214. The fourth-order valence-corrected chi connectivity index (χ4v) is 1.55. The first kappa shape index (κ1) is 13.0.